The molecular weight excluding hydrogens is 291 g/mol. The molecule has 0 rings (SSSR count). The summed E-state index contributed by atoms with van der Waals surface area (Å²) in [4.78, 5) is 0. The summed E-state index contributed by atoms with van der Waals surface area (Å²) in [7, 11) is 0. The van der Waals surface area contributed by atoms with Crippen LogP contribution >= 0.6 is 6.57 Å². The Hall–Kier alpha value is 0.490. The largest absolute Gasteiger partial charge is 0.394 e. The Morgan fingerprint density at radius 1 is 0.850 bits per heavy atom. The second-order valence-corrected chi connectivity index (χ2v) is 9.77. The van der Waals surface area contributed by atoms with Gasteiger partial charge in [0.05, 0.1) is 13.2 Å². The molecule has 0 aromatic carbocycles. The van der Waals surface area contributed by atoms with Crippen LogP contribution in [0.5, 0.6) is 0 Å². The van der Waals surface area contributed by atoms with E-state index >= 15 is 0 Å². The minimum absolute atomic E-state index is 0.00640. The molecule has 0 radical (unpaired) electrons. The average molecular weight is 324 g/mol. The standard InChI is InChI=1S/C14H33N2O2PS/c1-11(2)15(12(3)4)19(20,18-10-9-17)16(13(5)6)14(7)8/h11-14,17H,9-10H2,1-8H3. The molecular formula is C14H33N2O2PS. The quantitative estimate of drug-likeness (QED) is 0.657. The summed E-state index contributed by atoms with van der Waals surface area (Å²) in [5.74, 6) is 0. The monoisotopic (exact) mass is 324 g/mol. The molecule has 0 unspecified atom stereocenters. The van der Waals surface area contributed by atoms with Crippen molar-refractivity contribution in [2.45, 2.75) is 79.6 Å². The van der Waals surface area contributed by atoms with Gasteiger partial charge in [-0.15, -0.1) is 0 Å². The lowest BCUT2D eigenvalue weighted by Gasteiger charge is -2.48. The van der Waals surface area contributed by atoms with Gasteiger partial charge in [-0.1, -0.05) is 0 Å². The first kappa shape index (κ1) is 20.5. The molecule has 0 amide bonds. The summed E-state index contributed by atoms with van der Waals surface area (Å²) >= 11 is 6.04. The van der Waals surface area contributed by atoms with Crippen LogP contribution < -0.4 is 0 Å². The topological polar surface area (TPSA) is 35.9 Å². The minimum Gasteiger partial charge on any atom is -0.394 e. The summed E-state index contributed by atoms with van der Waals surface area (Å²) in [5.41, 5.74) is 0. The van der Waals surface area contributed by atoms with E-state index in [0.29, 0.717) is 30.8 Å². The van der Waals surface area contributed by atoms with Gasteiger partial charge in [0, 0.05) is 24.2 Å². The van der Waals surface area contributed by atoms with Crippen molar-refractivity contribution < 1.29 is 9.63 Å². The van der Waals surface area contributed by atoms with Crippen LogP contribution in [0.25, 0.3) is 0 Å². The fraction of sp³-hybridized carbons (Fsp3) is 1.00. The fourth-order valence-electron chi connectivity index (χ4n) is 2.77. The van der Waals surface area contributed by atoms with E-state index in [2.05, 4.69) is 64.7 Å². The van der Waals surface area contributed by atoms with Crippen molar-refractivity contribution in [2.24, 2.45) is 0 Å². The van der Waals surface area contributed by atoms with Crippen LogP contribution in [0.2, 0.25) is 0 Å². The number of hydrogen-bond donors (Lipinski definition) is 1. The summed E-state index contributed by atoms with van der Waals surface area (Å²) < 4.78 is 10.7. The summed E-state index contributed by atoms with van der Waals surface area (Å²) in [6.45, 7) is 15.2. The predicted octanol–water partition coefficient (Wildman–Crippen LogP) is 3.46. The summed E-state index contributed by atoms with van der Waals surface area (Å²) in [6, 6.07) is 1.22. The Morgan fingerprint density at radius 2 is 1.15 bits per heavy atom. The Kier molecular flexibility index (Phi) is 9.03. The van der Waals surface area contributed by atoms with Gasteiger partial charge in [-0.2, -0.15) is 0 Å². The van der Waals surface area contributed by atoms with Crippen molar-refractivity contribution in [1.29, 1.82) is 0 Å². The predicted molar refractivity (Wildman–Crippen MR) is 91.5 cm³/mol. The third-order valence-electron chi connectivity index (χ3n) is 3.05. The van der Waals surface area contributed by atoms with Gasteiger partial charge in [0.15, 0.2) is 0 Å². The molecule has 0 aliphatic heterocycles. The van der Waals surface area contributed by atoms with Crippen LogP contribution in [0.15, 0.2) is 0 Å². The summed E-state index contributed by atoms with van der Waals surface area (Å²) in [6.07, 6.45) is 0. The molecule has 0 fully saturated rings. The van der Waals surface area contributed by atoms with Crippen LogP contribution in [0, 0.1) is 0 Å². The molecule has 0 heterocycles. The van der Waals surface area contributed by atoms with E-state index < -0.39 is 6.57 Å². The first-order chi connectivity index (χ1) is 9.09. The van der Waals surface area contributed by atoms with E-state index in [-0.39, 0.29) is 6.61 Å². The van der Waals surface area contributed by atoms with Gasteiger partial charge < -0.3 is 9.63 Å². The lowest BCUT2D eigenvalue weighted by Crippen LogP contribution is -2.45. The van der Waals surface area contributed by atoms with Gasteiger partial charge in [0.25, 0.3) is 0 Å². The molecule has 0 aliphatic carbocycles. The molecule has 6 heteroatoms. The van der Waals surface area contributed by atoms with Gasteiger partial charge in [-0.25, -0.2) is 9.34 Å². The van der Waals surface area contributed by atoms with E-state index in [1.54, 1.807) is 0 Å². The highest BCUT2D eigenvalue weighted by Crippen LogP contribution is 2.58. The van der Waals surface area contributed by atoms with Gasteiger partial charge in [0.1, 0.15) is 0 Å². The normalized spacial score (nSPS) is 13.8. The number of rotatable bonds is 9. The molecule has 0 bridgehead atoms. The van der Waals surface area contributed by atoms with Gasteiger partial charge in [-0.3, -0.25) is 0 Å². The lowest BCUT2D eigenvalue weighted by atomic mass is 10.3. The maximum absolute atomic E-state index is 9.16. The number of aliphatic hydroxyl groups excluding tert-OH is 1. The molecule has 20 heavy (non-hydrogen) atoms. The Bertz CT molecular complexity index is 282. The van der Waals surface area contributed by atoms with Crippen molar-refractivity contribution >= 4 is 18.4 Å². The Morgan fingerprint density at radius 3 is 1.35 bits per heavy atom. The molecule has 1 N–H and O–H groups in total. The zero-order valence-electron chi connectivity index (χ0n) is 14.3. The third kappa shape index (κ3) is 5.04. The zero-order valence-corrected chi connectivity index (χ0v) is 16.0. The molecule has 0 aromatic heterocycles. The first-order valence-electron chi connectivity index (χ1n) is 7.52. The molecule has 122 valence electrons. The van der Waals surface area contributed by atoms with Crippen molar-refractivity contribution in [3.05, 3.63) is 0 Å². The maximum Gasteiger partial charge on any atom is 0.204 e. The summed E-state index contributed by atoms with van der Waals surface area (Å²) in [5, 5.41) is 9.16. The number of aliphatic hydroxyl groups is 1. The highest BCUT2D eigenvalue weighted by molar-refractivity contribution is 8.10. The van der Waals surface area contributed by atoms with E-state index in [0.717, 1.165) is 0 Å². The molecule has 0 saturated carbocycles. The molecule has 0 atom stereocenters. The number of hydrogen-bond acceptors (Lipinski definition) is 3. The van der Waals surface area contributed by atoms with Crippen molar-refractivity contribution in [2.75, 3.05) is 13.2 Å². The first-order valence-corrected chi connectivity index (χ1v) is 10.1. The fourth-order valence-corrected chi connectivity index (χ4v) is 8.42. The molecule has 4 nitrogen and oxygen atoms in total. The SMILES string of the molecule is CC(C)N(C(C)C)P(=S)(OCCO)N(C(C)C)C(C)C. The van der Waals surface area contributed by atoms with E-state index in [1.807, 2.05) is 0 Å². The Labute approximate surface area is 130 Å². The molecule has 0 aromatic rings. The van der Waals surface area contributed by atoms with Gasteiger partial charge in [0.2, 0.25) is 6.57 Å². The van der Waals surface area contributed by atoms with Gasteiger partial charge in [-0.05, 0) is 67.2 Å². The lowest BCUT2D eigenvalue weighted by molar-refractivity contribution is 0.154. The van der Waals surface area contributed by atoms with E-state index in [9.17, 15) is 0 Å². The van der Waals surface area contributed by atoms with E-state index in [1.165, 1.54) is 0 Å². The molecule has 0 spiro atoms. The Balaban J connectivity index is 5.73. The second-order valence-electron chi connectivity index (χ2n) is 6.18. The smallest absolute Gasteiger partial charge is 0.204 e. The van der Waals surface area contributed by atoms with Crippen LogP contribution in [-0.4, -0.2) is 51.8 Å². The van der Waals surface area contributed by atoms with Crippen LogP contribution in [-0.2, 0) is 16.3 Å². The van der Waals surface area contributed by atoms with Crippen molar-refractivity contribution in [3.63, 3.8) is 0 Å². The zero-order chi connectivity index (χ0) is 16.1. The average Bonchev–Trinajstić information content (AvgIpc) is 2.23. The van der Waals surface area contributed by atoms with Crippen LogP contribution in [0.1, 0.15) is 55.4 Å². The molecule has 0 aliphatic rings. The maximum atomic E-state index is 9.16. The van der Waals surface area contributed by atoms with Crippen molar-refractivity contribution in [1.82, 2.24) is 9.34 Å². The highest BCUT2D eigenvalue weighted by atomic mass is 32.5. The van der Waals surface area contributed by atoms with Crippen molar-refractivity contribution in [3.8, 4) is 0 Å². The van der Waals surface area contributed by atoms with Gasteiger partial charge >= 0.3 is 0 Å². The molecule has 0 saturated heterocycles. The number of nitrogens with zero attached hydrogens (tertiary/aromatic N) is 2. The second kappa shape index (κ2) is 8.82. The van der Waals surface area contributed by atoms with Crippen LogP contribution in [0.3, 0.4) is 0 Å². The van der Waals surface area contributed by atoms with E-state index in [4.69, 9.17) is 21.4 Å². The van der Waals surface area contributed by atoms with Crippen LogP contribution in [0.4, 0.5) is 0 Å². The highest BCUT2D eigenvalue weighted by Gasteiger charge is 2.39. The minimum atomic E-state index is -2.34. The third-order valence-corrected chi connectivity index (χ3v) is 8.03.